The number of nitrogens with zero attached hydrogens (tertiary/aromatic N) is 2. The zero-order valence-electron chi connectivity index (χ0n) is 10.8. The van der Waals surface area contributed by atoms with Gasteiger partial charge in [-0.15, -0.1) is 5.10 Å². The van der Waals surface area contributed by atoms with Gasteiger partial charge in [-0.05, 0) is 12.1 Å². The van der Waals surface area contributed by atoms with Gasteiger partial charge in [-0.3, -0.25) is 4.68 Å². The molecule has 0 amide bonds. The van der Waals surface area contributed by atoms with Crippen LogP contribution in [0.5, 0.6) is 5.88 Å². The Morgan fingerprint density at radius 1 is 1.25 bits per heavy atom. The highest BCUT2D eigenvalue weighted by atomic mass is 19.1. The molecule has 0 aliphatic rings. The van der Waals surface area contributed by atoms with Crippen LogP contribution in [0.3, 0.4) is 0 Å². The Morgan fingerprint density at radius 2 is 1.95 bits per heavy atom. The number of halogens is 1. The minimum Gasteiger partial charge on any atom is -0.464 e. The van der Waals surface area contributed by atoms with Gasteiger partial charge in [0.1, 0.15) is 11.5 Å². The van der Waals surface area contributed by atoms with Gasteiger partial charge in [0.25, 0.3) is 0 Å². The molecule has 1 aromatic carbocycles. The number of benzene rings is 1. The van der Waals surface area contributed by atoms with Crippen LogP contribution in [0.15, 0.2) is 30.3 Å². The Balaban J connectivity index is 2.21. The van der Waals surface area contributed by atoms with Crippen molar-refractivity contribution in [2.45, 2.75) is 0 Å². The maximum atomic E-state index is 13.4. The van der Waals surface area contributed by atoms with Crippen molar-refractivity contribution < 1.29 is 23.5 Å². The molecule has 1 aromatic heterocycles. The smallest absolute Gasteiger partial charge is 0.356 e. The number of carbonyl (C=O) groups excluding carboxylic acids is 2. The number of rotatable bonds is 3. The first-order valence-electron chi connectivity index (χ1n) is 5.62. The van der Waals surface area contributed by atoms with E-state index in [4.69, 9.17) is 4.74 Å². The first-order chi connectivity index (χ1) is 9.52. The van der Waals surface area contributed by atoms with Crippen LogP contribution in [-0.2, 0) is 11.8 Å². The average Bonchev–Trinajstić information content (AvgIpc) is 2.79. The summed E-state index contributed by atoms with van der Waals surface area (Å²) >= 11 is 0. The predicted octanol–water partition coefficient (Wildman–Crippen LogP) is 1.56. The lowest BCUT2D eigenvalue weighted by molar-refractivity contribution is 0.0587. The molecular weight excluding hydrogens is 267 g/mol. The molecule has 0 atom stereocenters. The van der Waals surface area contributed by atoms with Gasteiger partial charge in [0.05, 0.1) is 12.7 Å². The van der Waals surface area contributed by atoms with E-state index in [0.29, 0.717) is 0 Å². The number of methoxy groups -OCH3 is 1. The highest BCUT2D eigenvalue weighted by molar-refractivity contribution is 5.92. The van der Waals surface area contributed by atoms with Crippen molar-refractivity contribution in [1.29, 1.82) is 0 Å². The Morgan fingerprint density at radius 3 is 2.60 bits per heavy atom. The second kappa shape index (κ2) is 5.52. The van der Waals surface area contributed by atoms with Crippen molar-refractivity contribution in [3.05, 3.63) is 47.4 Å². The standard InChI is InChI=1S/C13H11FN2O4/c1-16-10(13(18)19-2)7-11(15-16)20-12(17)8-5-3-4-6-9(8)14/h3-7H,1-2H3. The molecule has 0 aliphatic heterocycles. The molecule has 0 aliphatic carbocycles. The van der Waals surface area contributed by atoms with Gasteiger partial charge in [0, 0.05) is 13.1 Å². The average molecular weight is 278 g/mol. The Hall–Kier alpha value is -2.70. The Labute approximate surface area is 113 Å². The topological polar surface area (TPSA) is 70.4 Å². The van der Waals surface area contributed by atoms with E-state index in [1.807, 2.05) is 0 Å². The van der Waals surface area contributed by atoms with Crippen LogP contribution < -0.4 is 4.74 Å². The first kappa shape index (κ1) is 13.7. The molecule has 2 rings (SSSR count). The van der Waals surface area contributed by atoms with Crippen molar-refractivity contribution >= 4 is 11.9 Å². The van der Waals surface area contributed by atoms with Crippen LogP contribution in [0, 0.1) is 5.82 Å². The third-order valence-corrected chi connectivity index (χ3v) is 2.54. The van der Waals surface area contributed by atoms with E-state index >= 15 is 0 Å². The van der Waals surface area contributed by atoms with Crippen LogP contribution in [0.25, 0.3) is 0 Å². The number of aryl methyl sites for hydroxylation is 1. The van der Waals surface area contributed by atoms with Gasteiger partial charge in [-0.1, -0.05) is 12.1 Å². The van der Waals surface area contributed by atoms with Crippen LogP contribution in [0.4, 0.5) is 4.39 Å². The molecule has 0 N–H and O–H groups in total. The minimum atomic E-state index is -0.891. The fourth-order valence-electron chi connectivity index (χ4n) is 1.56. The fraction of sp³-hybridized carbons (Fsp3) is 0.154. The Bertz CT molecular complexity index is 666. The molecule has 0 saturated carbocycles. The lowest BCUT2D eigenvalue weighted by Crippen LogP contribution is -2.11. The summed E-state index contributed by atoms with van der Waals surface area (Å²) in [4.78, 5) is 23.1. The van der Waals surface area contributed by atoms with E-state index in [1.54, 1.807) is 0 Å². The summed E-state index contributed by atoms with van der Waals surface area (Å²) in [6.07, 6.45) is 0. The summed E-state index contributed by atoms with van der Waals surface area (Å²) in [5.41, 5.74) is -0.0957. The number of ether oxygens (including phenoxy) is 2. The normalized spacial score (nSPS) is 10.2. The van der Waals surface area contributed by atoms with Gasteiger partial charge in [0.15, 0.2) is 0 Å². The lowest BCUT2D eigenvalue weighted by Gasteiger charge is -2.01. The van der Waals surface area contributed by atoms with Crippen LogP contribution in [0.2, 0.25) is 0 Å². The summed E-state index contributed by atoms with van der Waals surface area (Å²) in [5, 5.41) is 3.83. The number of carbonyl (C=O) groups is 2. The van der Waals surface area contributed by atoms with Gasteiger partial charge >= 0.3 is 11.9 Å². The zero-order valence-corrected chi connectivity index (χ0v) is 10.8. The quantitative estimate of drug-likeness (QED) is 0.797. The molecule has 0 saturated heterocycles. The molecule has 104 valence electrons. The SMILES string of the molecule is COC(=O)c1cc(OC(=O)c2ccccc2F)nn1C. The molecule has 0 radical (unpaired) electrons. The molecule has 1 heterocycles. The summed E-state index contributed by atoms with van der Waals surface area (Å²) < 4.78 is 24.1. The molecule has 20 heavy (non-hydrogen) atoms. The van der Waals surface area contributed by atoms with Crippen molar-refractivity contribution in [3.63, 3.8) is 0 Å². The molecule has 2 aromatic rings. The lowest BCUT2D eigenvalue weighted by atomic mass is 10.2. The second-order valence-electron chi connectivity index (χ2n) is 3.85. The molecule has 0 unspecified atom stereocenters. The van der Waals surface area contributed by atoms with E-state index < -0.39 is 17.8 Å². The minimum absolute atomic E-state index is 0.110. The maximum Gasteiger partial charge on any atom is 0.356 e. The third-order valence-electron chi connectivity index (χ3n) is 2.54. The third kappa shape index (κ3) is 2.66. The highest BCUT2D eigenvalue weighted by Gasteiger charge is 2.18. The van der Waals surface area contributed by atoms with Gasteiger partial charge in [-0.25, -0.2) is 14.0 Å². The van der Waals surface area contributed by atoms with Crippen molar-refractivity contribution in [1.82, 2.24) is 9.78 Å². The first-order valence-corrected chi connectivity index (χ1v) is 5.62. The second-order valence-corrected chi connectivity index (χ2v) is 3.85. The predicted molar refractivity (Wildman–Crippen MR) is 65.9 cm³/mol. The van der Waals surface area contributed by atoms with Crippen molar-refractivity contribution in [2.24, 2.45) is 7.05 Å². The van der Waals surface area contributed by atoms with Gasteiger partial charge in [0.2, 0.25) is 5.88 Å². The number of hydrogen-bond donors (Lipinski definition) is 0. The fourth-order valence-corrected chi connectivity index (χ4v) is 1.56. The summed E-state index contributed by atoms with van der Waals surface area (Å²) in [6, 6.07) is 6.65. The molecular formula is C13H11FN2O4. The Kier molecular flexibility index (Phi) is 3.79. The van der Waals surface area contributed by atoms with Crippen molar-refractivity contribution in [2.75, 3.05) is 7.11 Å². The van der Waals surface area contributed by atoms with E-state index in [1.165, 1.54) is 43.1 Å². The maximum absolute atomic E-state index is 13.4. The molecule has 0 bridgehead atoms. The van der Waals surface area contributed by atoms with Crippen LogP contribution in [-0.4, -0.2) is 28.8 Å². The summed E-state index contributed by atoms with van der Waals surface area (Å²) in [6.45, 7) is 0. The monoisotopic (exact) mass is 278 g/mol. The summed E-state index contributed by atoms with van der Waals surface area (Å²) in [5.74, 6) is -2.31. The number of esters is 2. The summed E-state index contributed by atoms with van der Waals surface area (Å²) in [7, 11) is 2.72. The zero-order chi connectivity index (χ0) is 14.7. The largest absolute Gasteiger partial charge is 0.464 e. The van der Waals surface area contributed by atoms with E-state index in [9.17, 15) is 14.0 Å². The molecule has 6 nitrogen and oxygen atoms in total. The van der Waals surface area contributed by atoms with Crippen LogP contribution in [0.1, 0.15) is 20.8 Å². The molecule has 0 fully saturated rings. The van der Waals surface area contributed by atoms with E-state index in [2.05, 4.69) is 9.84 Å². The van der Waals surface area contributed by atoms with Gasteiger partial charge < -0.3 is 9.47 Å². The van der Waals surface area contributed by atoms with Crippen LogP contribution >= 0.6 is 0 Å². The van der Waals surface area contributed by atoms with E-state index in [0.717, 1.165) is 6.07 Å². The van der Waals surface area contributed by atoms with E-state index in [-0.39, 0.29) is 17.1 Å². The van der Waals surface area contributed by atoms with Gasteiger partial charge in [-0.2, -0.15) is 0 Å². The molecule has 0 spiro atoms. The number of aromatic nitrogens is 2. The highest BCUT2D eigenvalue weighted by Crippen LogP contribution is 2.15. The molecule has 7 heteroatoms. The number of hydrogen-bond acceptors (Lipinski definition) is 5. The van der Waals surface area contributed by atoms with Crippen molar-refractivity contribution in [3.8, 4) is 5.88 Å².